The number of benzene rings is 1. The monoisotopic (exact) mass is 400 g/mol. The number of rotatable bonds is 4. The van der Waals surface area contributed by atoms with E-state index in [0.29, 0.717) is 0 Å². The van der Waals surface area contributed by atoms with Gasteiger partial charge in [0.2, 0.25) is 0 Å². The van der Waals surface area contributed by atoms with E-state index >= 15 is 0 Å². The average Bonchev–Trinajstić information content (AvgIpc) is 3.05. The topological polar surface area (TPSA) is 119 Å². The molecule has 1 aromatic carbocycles. The van der Waals surface area contributed by atoms with E-state index in [-0.39, 0.29) is 32.5 Å². The molecule has 1 atom stereocenters. The fourth-order valence-corrected chi connectivity index (χ4v) is 3.71. The quantitative estimate of drug-likeness (QED) is 0.801. The molecule has 0 saturated carbocycles. The van der Waals surface area contributed by atoms with E-state index in [1.165, 1.54) is 19.9 Å². The summed E-state index contributed by atoms with van der Waals surface area (Å²) in [7, 11) is -4.40. The van der Waals surface area contributed by atoms with Crippen molar-refractivity contribution in [1.82, 2.24) is 14.5 Å². The number of carbonyl (C=O) groups excluding carboxylic acids is 2. The normalized spacial score (nSPS) is 16.5. The van der Waals surface area contributed by atoms with Crippen LogP contribution >= 0.6 is 0 Å². The molecule has 1 aliphatic rings. The van der Waals surface area contributed by atoms with Crippen LogP contribution in [-0.2, 0) is 14.8 Å². The lowest BCUT2D eigenvalue weighted by atomic mass is 10.1. The van der Waals surface area contributed by atoms with Gasteiger partial charge in [-0.25, -0.2) is 13.1 Å². The highest BCUT2D eigenvalue weighted by Gasteiger charge is 2.29. The molecule has 12 heteroatoms. The predicted octanol–water partition coefficient (Wildman–Crippen LogP) is 1.42. The van der Waals surface area contributed by atoms with Gasteiger partial charge in [0.1, 0.15) is 11.4 Å². The Bertz CT molecular complexity index is 1030. The molecule has 1 aliphatic heterocycles. The second kappa shape index (κ2) is 6.61. The van der Waals surface area contributed by atoms with Crippen LogP contribution in [0.4, 0.5) is 14.5 Å². The minimum absolute atomic E-state index is 0.102. The molecule has 1 unspecified atom stereocenters. The van der Waals surface area contributed by atoms with Gasteiger partial charge in [0, 0.05) is 12.3 Å². The molecular formula is C15H14F2N4O5S. The Morgan fingerprint density at radius 1 is 1.41 bits per heavy atom. The molecule has 2 amide bonds. The molecule has 3 rings (SSSR count). The van der Waals surface area contributed by atoms with Crippen molar-refractivity contribution in [2.45, 2.75) is 31.4 Å². The lowest BCUT2D eigenvalue weighted by Crippen LogP contribution is -2.35. The Labute approximate surface area is 152 Å². The lowest BCUT2D eigenvalue weighted by Gasteiger charge is -2.24. The maximum absolute atomic E-state index is 12.8. The van der Waals surface area contributed by atoms with Crippen molar-refractivity contribution >= 4 is 27.5 Å². The van der Waals surface area contributed by atoms with Gasteiger partial charge >= 0.3 is 6.55 Å². The summed E-state index contributed by atoms with van der Waals surface area (Å²) >= 11 is 0. The van der Waals surface area contributed by atoms with Crippen LogP contribution in [-0.4, -0.2) is 36.1 Å². The highest BCUT2D eigenvalue weighted by Crippen LogP contribution is 2.34. The molecule has 0 radical (unpaired) electrons. The van der Waals surface area contributed by atoms with E-state index in [4.69, 9.17) is 4.74 Å². The summed E-state index contributed by atoms with van der Waals surface area (Å²) < 4.78 is 58.0. The number of hydrogen-bond donors (Lipinski definition) is 2. The molecule has 2 aromatic rings. The molecule has 2 heterocycles. The first-order chi connectivity index (χ1) is 12.6. The Balaban J connectivity index is 1.93. The van der Waals surface area contributed by atoms with Crippen LogP contribution in [0.1, 0.15) is 29.5 Å². The predicted molar refractivity (Wildman–Crippen MR) is 88.0 cm³/mol. The molecule has 0 aliphatic carbocycles. The molecule has 0 fully saturated rings. The number of hydrogen-bond acceptors (Lipinski definition) is 6. The number of nitrogens with zero attached hydrogens (tertiary/aromatic N) is 2. The molecule has 0 spiro atoms. The van der Waals surface area contributed by atoms with Crippen LogP contribution in [0.2, 0.25) is 0 Å². The van der Waals surface area contributed by atoms with Gasteiger partial charge in [0.05, 0.1) is 10.6 Å². The molecule has 9 nitrogen and oxygen atoms in total. The molecule has 2 N–H and O–H groups in total. The molecule has 0 saturated heterocycles. The summed E-state index contributed by atoms with van der Waals surface area (Å²) in [5.41, 5.74) is -0.104. The van der Waals surface area contributed by atoms with E-state index in [2.05, 4.69) is 10.4 Å². The zero-order chi connectivity index (χ0) is 19.9. The third kappa shape index (κ3) is 3.47. The van der Waals surface area contributed by atoms with Crippen LogP contribution in [0.25, 0.3) is 0 Å². The van der Waals surface area contributed by atoms with Gasteiger partial charge in [-0.05, 0) is 31.5 Å². The number of carbonyl (C=O) groups is 2. The molecular weight excluding hydrogens is 386 g/mol. The van der Waals surface area contributed by atoms with Crippen LogP contribution < -0.4 is 14.8 Å². The number of halogens is 2. The van der Waals surface area contributed by atoms with Gasteiger partial charge in [-0.15, -0.1) is 0 Å². The van der Waals surface area contributed by atoms with Crippen LogP contribution in [0, 0.1) is 6.92 Å². The molecule has 27 heavy (non-hydrogen) atoms. The fourth-order valence-electron chi connectivity index (χ4n) is 2.51. The smallest absolute Gasteiger partial charge is 0.333 e. The van der Waals surface area contributed by atoms with Crippen LogP contribution in [0.3, 0.4) is 0 Å². The van der Waals surface area contributed by atoms with Crippen molar-refractivity contribution in [3.05, 3.63) is 35.7 Å². The van der Waals surface area contributed by atoms with Crippen molar-refractivity contribution in [1.29, 1.82) is 0 Å². The van der Waals surface area contributed by atoms with E-state index in [1.54, 1.807) is 4.72 Å². The fraction of sp³-hybridized carbons (Fsp3) is 0.267. The first-order valence-corrected chi connectivity index (χ1v) is 9.09. The Hall–Kier alpha value is -3.02. The van der Waals surface area contributed by atoms with Gasteiger partial charge in [0.15, 0.2) is 6.10 Å². The third-order valence-electron chi connectivity index (χ3n) is 3.81. The highest BCUT2D eigenvalue weighted by atomic mass is 32.2. The van der Waals surface area contributed by atoms with E-state index < -0.39 is 34.3 Å². The summed E-state index contributed by atoms with van der Waals surface area (Å²) in [6.45, 7) is -0.167. The summed E-state index contributed by atoms with van der Waals surface area (Å²) in [5.74, 6) is -1.53. The van der Waals surface area contributed by atoms with E-state index in [0.717, 1.165) is 18.3 Å². The third-order valence-corrected chi connectivity index (χ3v) is 5.29. The van der Waals surface area contributed by atoms with Crippen molar-refractivity contribution in [3.63, 3.8) is 0 Å². The number of aromatic nitrogens is 2. The maximum Gasteiger partial charge on any atom is 0.333 e. The van der Waals surface area contributed by atoms with Gasteiger partial charge < -0.3 is 10.1 Å². The van der Waals surface area contributed by atoms with Crippen LogP contribution in [0.15, 0.2) is 29.3 Å². The van der Waals surface area contributed by atoms with E-state index in [9.17, 15) is 26.8 Å². The van der Waals surface area contributed by atoms with Crippen LogP contribution in [0.5, 0.6) is 5.75 Å². The van der Waals surface area contributed by atoms with Gasteiger partial charge in [-0.2, -0.15) is 18.6 Å². The maximum atomic E-state index is 12.8. The highest BCUT2D eigenvalue weighted by molar-refractivity contribution is 7.90. The van der Waals surface area contributed by atoms with Gasteiger partial charge in [0.25, 0.3) is 21.8 Å². The number of aryl methyl sites for hydroxylation is 1. The molecule has 0 bridgehead atoms. The number of fused-ring (bicyclic) bond motifs is 1. The van der Waals surface area contributed by atoms with Crippen molar-refractivity contribution in [2.24, 2.45) is 0 Å². The SMILES string of the molecule is Cc1cc2c(cc1S(=O)(=O)NC(=O)c1ccnn1C(F)F)OC(C)C(=O)N2. The summed E-state index contributed by atoms with van der Waals surface area (Å²) in [6, 6.07) is 3.50. The molecule has 1 aromatic heterocycles. The number of anilines is 1. The summed E-state index contributed by atoms with van der Waals surface area (Å²) in [4.78, 5) is 23.5. The van der Waals surface area contributed by atoms with E-state index in [1.807, 2.05) is 0 Å². The number of sulfonamides is 1. The number of alkyl halides is 2. The van der Waals surface area contributed by atoms with Crippen molar-refractivity contribution < 1.29 is 31.5 Å². The van der Waals surface area contributed by atoms with Crippen molar-refractivity contribution in [3.8, 4) is 5.75 Å². The Morgan fingerprint density at radius 3 is 2.78 bits per heavy atom. The Kier molecular flexibility index (Phi) is 4.59. The first-order valence-electron chi connectivity index (χ1n) is 7.61. The lowest BCUT2D eigenvalue weighted by molar-refractivity contribution is -0.122. The van der Waals surface area contributed by atoms with Gasteiger partial charge in [-0.3, -0.25) is 9.59 Å². The standard InChI is InChI=1S/C15H14F2N4O5S/c1-7-5-9-11(26-8(2)13(22)19-9)6-12(7)27(24,25)20-14(23)10-3-4-18-21(10)15(16)17/h3-6,8,15H,1-2H3,(H,19,22)(H,20,23). The average molecular weight is 400 g/mol. The second-order valence-corrected chi connectivity index (χ2v) is 7.39. The second-order valence-electron chi connectivity index (χ2n) is 5.74. The number of amides is 2. The Morgan fingerprint density at radius 2 is 2.11 bits per heavy atom. The summed E-state index contributed by atoms with van der Waals surface area (Å²) in [5, 5.41) is 5.85. The summed E-state index contributed by atoms with van der Waals surface area (Å²) in [6.07, 6.45) is 0.126. The zero-order valence-corrected chi connectivity index (χ0v) is 14.9. The zero-order valence-electron chi connectivity index (χ0n) is 14.1. The van der Waals surface area contributed by atoms with Gasteiger partial charge in [-0.1, -0.05) is 0 Å². The largest absolute Gasteiger partial charge is 0.479 e. The minimum atomic E-state index is -4.40. The number of nitrogens with one attached hydrogen (secondary N) is 2. The number of ether oxygens (including phenoxy) is 1. The van der Waals surface area contributed by atoms with Crippen molar-refractivity contribution in [2.75, 3.05) is 5.32 Å². The molecule has 144 valence electrons. The minimum Gasteiger partial charge on any atom is -0.479 e. The first kappa shape index (κ1) is 18.8.